The molecule has 1 unspecified atom stereocenters. The molecule has 0 aromatic rings. The molecule has 4 atom stereocenters. The number of hydrogen-bond acceptors (Lipinski definition) is 6. The second kappa shape index (κ2) is 6.08. The van der Waals surface area contributed by atoms with Crippen molar-refractivity contribution in [3.05, 3.63) is 0 Å². The van der Waals surface area contributed by atoms with Crippen LogP contribution in [-0.2, 0) is 14.2 Å². The van der Waals surface area contributed by atoms with Gasteiger partial charge in [-0.3, -0.25) is 0 Å². The van der Waals surface area contributed by atoms with E-state index in [1.165, 1.54) is 0 Å². The molecule has 1 saturated heterocycles. The lowest BCUT2D eigenvalue weighted by molar-refractivity contribution is -0.291. The molecule has 6 nitrogen and oxygen atoms in total. The Bertz CT molecular complexity index is 232. The van der Waals surface area contributed by atoms with Crippen molar-refractivity contribution in [2.45, 2.75) is 57.6 Å². The summed E-state index contributed by atoms with van der Waals surface area (Å²) < 4.78 is 16.2. The van der Waals surface area contributed by atoms with Gasteiger partial charge in [-0.25, -0.2) is 0 Å². The molecule has 0 spiro atoms. The number of rotatable bonds is 6. The predicted octanol–water partition coefficient (Wildman–Crippen LogP) is -0.395. The van der Waals surface area contributed by atoms with Crippen molar-refractivity contribution < 1.29 is 29.5 Å². The van der Waals surface area contributed by atoms with Crippen LogP contribution in [-0.4, -0.2) is 58.9 Å². The fraction of sp³-hybridized carbons (Fsp3) is 1.00. The van der Waals surface area contributed by atoms with Crippen LogP contribution in [0.4, 0.5) is 0 Å². The van der Waals surface area contributed by atoms with Gasteiger partial charge >= 0.3 is 0 Å². The van der Waals surface area contributed by atoms with Gasteiger partial charge in [-0.15, -0.1) is 0 Å². The van der Waals surface area contributed by atoms with Gasteiger partial charge in [0.2, 0.25) is 0 Å². The second-order valence-electron chi connectivity index (χ2n) is 4.53. The number of aliphatic hydroxyl groups excluding tert-OH is 3. The molecule has 1 rings (SSSR count). The molecule has 0 aromatic heterocycles. The molecule has 0 aromatic carbocycles. The van der Waals surface area contributed by atoms with Gasteiger partial charge in [0.05, 0.1) is 12.7 Å². The zero-order valence-corrected chi connectivity index (χ0v) is 10.5. The van der Waals surface area contributed by atoms with Crippen LogP contribution in [0.1, 0.15) is 27.2 Å². The third-order valence-electron chi connectivity index (χ3n) is 2.60. The normalized spacial score (nSPS) is 31.8. The van der Waals surface area contributed by atoms with Gasteiger partial charge in [0.25, 0.3) is 0 Å². The molecule has 0 aliphatic carbocycles. The van der Waals surface area contributed by atoms with Crippen molar-refractivity contribution in [1.82, 2.24) is 0 Å². The van der Waals surface area contributed by atoms with Gasteiger partial charge in [0.1, 0.15) is 12.2 Å². The third kappa shape index (κ3) is 4.17. The highest BCUT2D eigenvalue weighted by Gasteiger charge is 2.41. The molecule has 1 aliphatic heterocycles. The highest BCUT2D eigenvalue weighted by molar-refractivity contribution is 4.84. The van der Waals surface area contributed by atoms with Crippen molar-refractivity contribution in [3.63, 3.8) is 0 Å². The van der Waals surface area contributed by atoms with E-state index in [1.807, 2.05) is 6.92 Å². The van der Waals surface area contributed by atoms with Gasteiger partial charge in [-0.2, -0.15) is 0 Å². The predicted molar refractivity (Wildman–Crippen MR) is 59.2 cm³/mol. The van der Waals surface area contributed by atoms with Crippen LogP contribution in [0.2, 0.25) is 0 Å². The molecule has 1 heterocycles. The summed E-state index contributed by atoms with van der Waals surface area (Å²) in [5.74, 6) is -0.807. The van der Waals surface area contributed by atoms with E-state index < -0.39 is 37.0 Å². The van der Waals surface area contributed by atoms with Gasteiger partial charge in [0.15, 0.2) is 12.1 Å². The molecule has 102 valence electrons. The van der Waals surface area contributed by atoms with Crippen LogP contribution >= 0.6 is 0 Å². The first-order chi connectivity index (χ1) is 7.89. The lowest BCUT2D eigenvalue weighted by atomic mass is 10.1. The van der Waals surface area contributed by atoms with E-state index in [-0.39, 0.29) is 6.42 Å². The highest BCUT2D eigenvalue weighted by Crippen LogP contribution is 2.27. The van der Waals surface area contributed by atoms with Crippen molar-refractivity contribution in [1.29, 1.82) is 0 Å². The Balaban J connectivity index is 2.48. The zero-order valence-electron chi connectivity index (χ0n) is 10.5. The lowest BCUT2D eigenvalue weighted by Gasteiger charge is -2.28. The Morgan fingerprint density at radius 1 is 1.47 bits per heavy atom. The Labute approximate surface area is 101 Å². The minimum atomic E-state index is -1.10. The fourth-order valence-corrected chi connectivity index (χ4v) is 1.88. The fourth-order valence-electron chi connectivity index (χ4n) is 1.88. The monoisotopic (exact) mass is 250 g/mol. The Morgan fingerprint density at radius 3 is 2.65 bits per heavy atom. The maximum absolute atomic E-state index is 9.67. The average Bonchev–Trinajstić information content (AvgIpc) is 2.57. The van der Waals surface area contributed by atoms with Crippen LogP contribution in [0.25, 0.3) is 0 Å². The van der Waals surface area contributed by atoms with Gasteiger partial charge < -0.3 is 29.5 Å². The van der Waals surface area contributed by atoms with E-state index in [0.29, 0.717) is 6.61 Å². The quantitative estimate of drug-likeness (QED) is 0.556. The summed E-state index contributed by atoms with van der Waals surface area (Å²) in [6.45, 7) is 5.41. The van der Waals surface area contributed by atoms with E-state index in [9.17, 15) is 10.2 Å². The maximum atomic E-state index is 9.67. The number of ether oxygens (including phenoxy) is 3. The average molecular weight is 250 g/mol. The van der Waals surface area contributed by atoms with Crippen molar-refractivity contribution in [3.8, 4) is 0 Å². The first-order valence-corrected chi connectivity index (χ1v) is 5.84. The molecule has 17 heavy (non-hydrogen) atoms. The summed E-state index contributed by atoms with van der Waals surface area (Å²) in [6, 6.07) is 0. The van der Waals surface area contributed by atoms with E-state index in [0.717, 1.165) is 0 Å². The summed E-state index contributed by atoms with van der Waals surface area (Å²) in [5.41, 5.74) is 0. The largest absolute Gasteiger partial charge is 0.394 e. The molecule has 3 N–H and O–H groups in total. The highest BCUT2D eigenvalue weighted by atomic mass is 16.8. The van der Waals surface area contributed by atoms with Crippen LogP contribution in [0.5, 0.6) is 0 Å². The summed E-state index contributed by atoms with van der Waals surface area (Å²) >= 11 is 0. The maximum Gasteiger partial charge on any atom is 0.165 e. The zero-order chi connectivity index (χ0) is 13.1. The van der Waals surface area contributed by atoms with E-state index in [4.69, 9.17) is 19.3 Å². The lowest BCUT2D eigenvalue weighted by Crippen LogP contribution is -2.37. The molecule has 0 saturated carbocycles. The van der Waals surface area contributed by atoms with Gasteiger partial charge in [0, 0.05) is 13.0 Å². The molecule has 0 amide bonds. The van der Waals surface area contributed by atoms with Crippen LogP contribution < -0.4 is 0 Å². The van der Waals surface area contributed by atoms with Gasteiger partial charge in [-0.1, -0.05) is 0 Å². The minimum Gasteiger partial charge on any atom is -0.394 e. The SMILES string of the molecule is CCOC(C)(C)O[C@@H]1C[C@@H](O)[C@@H](C(O)CO)O1. The van der Waals surface area contributed by atoms with Crippen molar-refractivity contribution in [2.24, 2.45) is 0 Å². The van der Waals surface area contributed by atoms with Crippen LogP contribution in [0.3, 0.4) is 0 Å². The van der Waals surface area contributed by atoms with Crippen LogP contribution in [0, 0.1) is 0 Å². The smallest absolute Gasteiger partial charge is 0.165 e. The summed E-state index contributed by atoms with van der Waals surface area (Å²) in [7, 11) is 0. The standard InChI is InChI=1S/C11H22O6/c1-4-15-11(2,3)17-9-5-7(13)10(16-9)8(14)6-12/h7-10,12-14H,4-6H2,1-3H3/t7-,8?,9-,10+/m1/s1. The molecule has 0 bridgehead atoms. The Hall–Kier alpha value is -0.240. The Kier molecular flexibility index (Phi) is 5.30. The van der Waals surface area contributed by atoms with E-state index >= 15 is 0 Å². The second-order valence-corrected chi connectivity index (χ2v) is 4.53. The molecule has 0 radical (unpaired) electrons. The first-order valence-electron chi connectivity index (χ1n) is 5.84. The van der Waals surface area contributed by atoms with E-state index in [2.05, 4.69) is 0 Å². The molecule has 1 aliphatic rings. The number of hydrogen-bond donors (Lipinski definition) is 3. The van der Waals surface area contributed by atoms with Crippen molar-refractivity contribution in [2.75, 3.05) is 13.2 Å². The minimum absolute atomic E-state index is 0.248. The molecular formula is C11H22O6. The summed E-state index contributed by atoms with van der Waals surface area (Å²) in [5, 5.41) is 27.9. The van der Waals surface area contributed by atoms with Crippen molar-refractivity contribution >= 4 is 0 Å². The third-order valence-corrected chi connectivity index (χ3v) is 2.60. The van der Waals surface area contributed by atoms with Gasteiger partial charge in [-0.05, 0) is 20.8 Å². The topological polar surface area (TPSA) is 88.4 Å². The molecular weight excluding hydrogens is 228 g/mol. The van der Waals surface area contributed by atoms with Crippen LogP contribution in [0.15, 0.2) is 0 Å². The first kappa shape index (κ1) is 14.8. The van der Waals surface area contributed by atoms with E-state index in [1.54, 1.807) is 13.8 Å². The molecule has 1 fully saturated rings. The molecule has 6 heteroatoms. The Morgan fingerprint density at radius 2 is 2.12 bits per heavy atom. The summed E-state index contributed by atoms with van der Waals surface area (Å²) in [6.07, 6.45) is -3.16. The number of aliphatic hydroxyl groups is 3. The summed E-state index contributed by atoms with van der Waals surface area (Å²) in [4.78, 5) is 0.